The Morgan fingerprint density at radius 3 is 2.28 bits per heavy atom. The summed E-state index contributed by atoms with van der Waals surface area (Å²) in [5, 5.41) is 9.99. The topological polar surface area (TPSA) is 47.0 Å². The highest BCUT2D eigenvalue weighted by atomic mass is 16.3. The number of piperazine rings is 1. The number of carbonyl (C=O) groups excluding carboxylic acids is 1. The van der Waals surface area contributed by atoms with Crippen LogP contribution in [-0.4, -0.2) is 55.2 Å². The van der Waals surface area contributed by atoms with Crippen LogP contribution in [0.25, 0.3) is 0 Å². The maximum Gasteiger partial charge on any atom is 0.242 e. The lowest BCUT2D eigenvalue weighted by Gasteiger charge is -2.37. The minimum atomic E-state index is 0.155. The minimum Gasteiger partial charge on any atom is -0.506 e. The van der Waals surface area contributed by atoms with Crippen LogP contribution in [0.15, 0.2) is 54.6 Å². The van der Waals surface area contributed by atoms with Gasteiger partial charge in [-0.25, -0.2) is 0 Å². The highest BCUT2D eigenvalue weighted by molar-refractivity contribution is 5.81. The second-order valence-corrected chi connectivity index (χ2v) is 6.21. The van der Waals surface area contributed by atoms with Crippen molar-refractivity contribution in [2.75, 3.05) is 49.1 Å². The Morgan fingerprint density at radius 2 is 1.64 bits per heavy atom. The molecule has 0 unspecified atom stereocenters. The molecule has 0 aliphatic carbocycles. The lowest BCUT2D eigenvalue weighted by molar-refractivity contribution is -0.130. The highest BCUT2D eigenvalue weighted by Crippen LogP contribution is 2.27. The number of amides is 1. The number of nitrogens with zero attached hydrogens (tertiary/aromatic N) is 3. The van der Waals surface area contributed by atoms with Gasteiger partial charge < -0.3 is 19.8 Å². The van der Waals surface area contributed by atoms with Crippen molar-refractivity contribution in [1.82, 2.24) is 4.90 Å². The third-order valence-corrected chi connectivity index (χ3v) is 4.68. The molecule has 1 amide bonds. The number of carbonyl (C=O) groups is 1. The standard InChI is InChI=1S/C20H25N3O2/c1-2-21(17-8-4-3-5-9-17)16-20(25)23-14-12-22(13-15-23)18-10-6-7-11-19(18)24/h3-11,24H,2,12-16H2,1H3. The van der Waals surface area contributed by atoms with E-state index in [1.165, 1.54) is 0 Å². The molecule has 0 atom stereocenters. The molecule has 132 valence electrons. The molecule has 3 rings (SSSR count). The molecule has 1 N–H and O–H groups in total. The maximum absolute atomic E-state index is 12.7. The zero-order valence-electron chi connectivity index (χ0n) is 14.6. The van der Waals surface area contributed by atoms with E-state index in [1.807, 2.05) is 53.4 Å². The van der Waals surface area contributed by atoms with Gasteiger partial charge in [0.1, 0.15) is 5.75 Å². The predicted molar refractivity (Wildman–Crippen MR) is 101 cm³/mol. The van der Waals surface area contributed by atoms with Crippen LogP contribution >= 0.6 is 0 Å². The fourth-order valence-electron chi connectivity index (χ4n) is 3.22. The summed E-state index contributed by atoms with van der Waals surface area (Å²) in [7, 11) is 0. The summed E-state index contributed by atoms with van der Waals surface area (Å²) in [5.74, 6) is 0.450. The summed E-state index contributed by atoms with van der Waals surface area (Å²) in [6, 6.07) is 17.4. The number of para-hydroxylation sites is 3. The summed E-state index contributed by atoms with van der Waals surface area (Å²) in [5.41, 5.74) is 1.92. The van der Waals surface area contributed by atoms with Crippen LogP contribution in [0, 0.1) is 0 Å². The summed E-state index contributed by atoms with van der Waals surface area (Å²) >= 11 is 0. The molecule has 1 heterocycles. The van der Waals surface area contributed by atoms with Crippen LogP contribution in [0.1, 0.15) is 6.92 Å². The largest absolute Gasteiger partial charge is 0.506 e. The number of hydrogen-bond acceptors (Lipinski definition) is 4. The first-order valence-electron chi connectivity index (χ1n) is 8.79. The summed E-state index contributed by atoms with van der Waals surface area (Å²) in [6.45, 7) is 6.10. The molecule has 1 saturated heterocycles. The number of benzene rings is 2. The maximum atomic E-state index is 12.7. The van der Waals surface area contributed by atoms with Gasteiger partial charge in [-0.1, -0.05) is 30.3 Å². The molecule has 5 heteroatoms. The number of hydrogen-bond donors (Lipinski definition) is 1. The van der Waals surface area contributed by atoms with E-state index in [4.69, 9.17) is 0 Å². The van der Waals surface area contributed by atoms with E-state index in [0.29, 0.717) is 25.4 Å². The summed E-state index contributed by atoms with van der Waals surface area (Å²) < 4.78 is 0. The quantitative estimate of drug-likeness (QED) is 0.909. The van der Waals surface area contributed by atoms with E-state index in [1.54, 1.807) is 6.07 Å². The van der Waals surface area contributed by atoms with Gasteiger partial charge in [0, 0.05) is 38.4 Å². The number of rotatable bonds is 5. The van der Waals surface area contributed by atoms with Gasteiger partial charge in [-0.15, -0.1) is 0 Å². The molecule has 1 aliphatic heterocycles. The first-order chi connectivity index (χ1) is 12.2. The lowest BCUT2D eigenvalue weighted by Crippen LogP contribution is -2.51. The van der Waals surface area contributed by atoms with Crippen molar-refractivity contribution in [2.45, 2.75) is 6.92 Å². The number of aromatic hydroxyl groups is 1. The smallest absolute Gasteiger partial charge is 0.242 e. The molecule has 1 aliphatic rings. The molecule has 0 radical (unpaired) electrons. The van der Waals surface area contributed by atoms with Crippen molar-refractivity contribution in [1.29, 1.82) is 0 Å². The summed E-state index contributed by atoms with van der Waals surface area (Å²) in [4.78, 5) is 18.8. The number of likely N-dealkylation sites (N-methyl/N-ethyl adjacent to an activating group) is 1. The number of anilines is 2. The lowest BCUT2D eigenvalue weighted by atomic mass is 10.2. The summed E-state index contributed by atoms with van der Waals surface area (Å²) in [6.07, 6.45) is 0. The van der Waals surface area contributed by atoms with Gasteiger partial charge in [-0.2, -0.15) is 0 Å². The van der Waals surface area contributed by atoms with Crippen molar-refractivity contribution in [2.24, 2.45) is 0 Å². The first kappa shape index (κ1) is 17.1. The monoisotopic (exact) mass is 339 g/mol. The van der Waals surface area contributed by atoms with Crippen molar-refractivity contribution in [3.8, 4) is 5.75 Å². The molecular formula is C20H25N3O2. The fraction of sp³-hybridized carbons (Fsp3) is 0.350. The molecule has 5 nitrogen and oxygen atoms in total. The van der Waals surface area contributed by atoms with Crippen molar-refractivity contribution in [3.05, 3.63) is 54.6 Å². The van der Waals surface area contributed by atoms with E-state index in [0.717, 1.165) is 31.0 Å². The predicted octanol–water partition coefficient (Wildman–Crippen LogP) is 2.57. The first-order valence-corrected chi connectivity index (χ1v) is 8.79. The molecule has 0 spiro atoms. The Morgan fingerprint density at radius 1 is 1.00 bits per heavy atom. The minimum absolute atomic E-state index is 0.155. The molecule has 2 aromatic carbocycles. The van der Waals surface area contributed by atoms with Crippen LogP contribution in [-0.2, 0) is 4.79 Å². The molecule has 1 fully saturated rings. The van der Waals surface area contributed by atoms with E-state index >= 15 is 0 Å². The zero-order chi connectivity index (χ0) is 17.6. The SMILES string of the molecule is CCN(CC(=O)N1CCN(c2ccccc2O)CC1)c1ccccc1. The molecule has 25 heavy (non-hydrogen) atoms. The Labute approximate surface area is 149 Å². The Hall–Kier alpha value is -2.69. The Bertz CT molecular complexity index is 697. The van der Waals surface area contributed by atoms with Crippen LogP contribution < -0.4 is 9.80 Å². The Balaban J connectivity index is 1.57. The molecule has 0 saturated carbocycles. The van der Waals surface area contributed by atoms with Gasteiger partial charge >= 0.3 is 0 Å². The second kappa shape index (κ2) is 7.92. The average Bonchev–Trinajstić information content (AvgIpc) is 2.67. The Kier molecular flexibility index (Phi) is 5.43. The van der Waals surface area contributed by atoms with Crippen LogP contribution in [0.2, 0.25) is 0 Å². The van der Waals surface area contributed by atoms with Crippen molar-refractivity contribution in [3.63, 3.8) is 0 Å². The van der Waals surface area contributed by atoms with E-state index in [9.17, 15) is 9.90 Å². The molecule has 0 bridgehead atoms. The average molecular weight is 339 g/mol. The zero-order valence-corrected chi connectivity index (χ0v) is 14.6. The van der Waals surface area contributed by atoms with E-state index < -0.39 is 0 Å². The fourth-order valence-corrected chi connectivity index (χ4v) is 3.22. The highest BCUT2D eigenvalue weighted by Gasteiger charge is 2.23. The van der Waals surface area contributed by atoms with Crippen LogP contribution in [0.4, 0.5) is 11.4 Å². The molecule has 2 aromatic rings. The third-order valence-electron chi connectivity index (χ3n) is 4.68. The van der Waals surface area contributed by atoms with E-state index in [2.05, 4.69) is 16.7 Å². The molecule has 0 aromatic heterocycles. The number of phenolic OH excluding ortho intramolecular Hbond substituents is 1. The van der Waals surface area contributed by atoms with E-state index in [-0.39, 0.29) is 5.91 Å². The van der Waals surface area contributed by atoms with Gasteiger partial charge in [0.2, 0.25) is 5.91 Å². The van der Waals surface area contributed by atoms with Crippen LogP contribution in [0.3, 0.4) is 0 Å². The van der Waals surface area contributed by atoms with Gasteiger partial charge in [-0.05, 0) is 31.2 Å². The van der Waals surface area contributed by atoms with Crippen LogP contribution in [0.5, 0.6) is 5.75 Å². The third kappa shape index (κ3) is 4.05. The second-order valence-electron chi connectivity index (χ2n) is 6.21. The van der Waals surface area contributed by atoms with Gasteiger partial charge in [-0.3, -0.25) is 4.79 Å². The van der Waals surface area contributed by atoms with Crippen molar-refractivity contribution < 1.29 is 9.90 Å². The van der Waals surface area contributed by atoms with Crippen molar-refractivity contribution >= 4 is 17.3 Å². The normalized spacial score (nSPS) is 14.4. The number of phenols is 1. The van der Waals surface area contributed by atoms with Gasteiger partial charge in [0.05, 0.1) is 12.2 Å². The van der Waals surface area contributed by atoms with Gasteiger partial charge in [0.15, 0.2) is 0 Å². The molecular weight excluding hydrogens is 314 g/mol. The van der Waals surface area contributed by atoms with Gasteiger partial charge in [0.25, 0.3) is 0 Å².